The summed E-state index contributed by atoms with van der Waals surface area (Å²) in [5.74, 6) is -2.24. The smallest absolute Gasteiger partial charge is 0.459 e. The van der Waals surface area contributed by atoms with E-state index in [0.29, 0.717) is 6.20 Å². The zero-order chi connectivity index (χ0) is 29.1. The lowest BCUT2D eigenvalue weighted by Crippen LogP contribution is -2.49. The number of hydrogen-bond acceptors (Lipinski definition) is 9. The van der Waals surface area contributed by atoms with Crippen molar-refractivity contribution in [3.8, 4) is 5.75 Å². The SMILES string of the molecule is CC(C)OC(=O)[C@H](C)NP(=O)(Oc1ccccc1)O[C@@H](C)[C@H]1O[C@@H](n2cc(F)c(=O)[nH]c2=O)[C@@](F)(CF)C1O. The molecule has 2 aromatic rings. The zero-order valence-electron chi connectivity index (χ0n) is 21.4. The maximum absolute atomic E-state index is 15.7. The predicted octanol–water partition coefficient (Wildman–Crippen LogP) is 2.13. The molecule has 1 aliphatic rings. The first-order valence-electron chi connectivity index (χ1n) is 11.8. The minimum Gasteiger partial charge on any atom is -0.462 e. The molecular formula is C23H29F3N3O9P. The number of hydrogen-bond donors (Lipinski definition) is 3. The van der Waals surface area contributed by atoms with E-state index >= 15 is 4.39 Å². The number of aliphatic hydroxyl groups is 1. The van der Waals surface area contributed by atoms with Crippen LogP contribution in [0.15, 0.2) is 46.1 Å². The molecule has 0 aliphatic carbocycles. The van der Waals surface area contributed by atoms with Crippen molar-refractivity contribution in [2.75, 3.05) is 6.67 Å². The van der Waals surface area contributed by atoms with Crippen molar-refractivity contribution in [1.82, 2.24) is 14.6 Å². The van der Waals surface area contributed by atoms with E-state index in [2.05, 4.69) is 5.09 Å². The highest BCUT2D eigenvalue weighted by Gasteiger charge is 2.61. The van der Waals surface area contributed by atoms with Crippen molar-refractivity contribution in [2.45, 2.75) is 70.0 Å². The number of nitrogens with zero attached hydrogens (tertiary/aromatic N) is 1. The number of aliphatic hydroxyl groups excluding tert-OH is 1. The molecule has 0 saturated carbocycles. The Balaban J connectivity index is 1.91. The predicted molar refractivity (Wildman–Crippen MR) is 130 cm³/mol. The highest BCUT2D eigenvalue weighted by molar-refractivity contribution is 7.52. The first-order chi connectivity index (χ1) is 18.2. The Morgan fingerprint density at radius 3 is 2.49 bits per heavy atom. The third kappa shape index (κ3) is 6.79. The summed E-state index contributed by atoms with van der Waals surface area (Å²) in [6.45, 7) is 3.83. The molecule has 7 atom stereocenters. The molecule has 0 bridgehead atoms. The Labute approximate surface area is 220 Å². The van der Waals surface area contributed by atoms with E-state index in [4.69, 9.17) is 18.5 Å². The van der Waals surface area contributed by atoms with Gasteiger partial charge in [0.05, 0.1) is 18.4 Å². The van der Waals surface area contributed by atoms with Gasteiger partial charge in [0.2, 0.25) is 11.5 Å². The Morgan fingerprint density at radius 1 is 1.26 bits per heavy atom. The molecule has 1 fully saturated rings. The Kier molecular flexibility index (Phi) is 9.44. The third-order valence-corrected chi connectivity index (χ3v) is 7.44. The van der Waals surface area contributed by atoms with E-state index in [1.54, 1.807) is 37.0 Å². The fraction of sp³-hybridized carbons (Fsp3) is 0.522. The summed E-state index contributed by atoms with van der Waals surface area (Å²) in [6, 6.07) is 6.42. The molecule has 1 aromatic carbocycles. The average Bonchev–Trinajstić information content (AvgIpc) is 3.12. The van der Waals surface area contributed by atoms with Gasteiger partial charge in [-0.2, -0.15) is 9.48 Å². The van der Waals surface area contributed by atoms with E-state index in [-0.39, 0.29) is 10.3 Å². The molecule has 2 heterocycles. The second-order valence-electron chi connectivity index (χ2n) is 9.15. The topological polar surface area (TPSA) is 158 Å². The number of carbonyl (C=O) groups excluding carboxylic acids is 1. The lowest BCUT2D eigenvalue weighted by molar-refractivity contribution is -0.149. The van der Waals surface area contributed by atoms with Crippen molar-refractivity contribution in [3.63, 3.8) is 0 Å². The van der Waals surface area contributed by atoms with Crippen LogP contribution in [-0.2, 0) is 23.4 Å². The van der Waals surface area contributed by atoms with Crippen LogP contribution >= 0.6 is 7.75 Å². The first-order valence-corrected chi connectivity index (χ1v) is 13.4. The molecule has 1 aliphatic heterocycles. The van der Waals surface area contributed by atoms with Gasteiger partial charge in [-0.3, -0.25) is 23.7 Å². The lowest BCUT2D eigenvalue weighted by atomic mass is 9.95. The second kappa shape index (κ2) is 12.0. The van der Waals surface area contributed by atoms with Crippen LogP contribution in [0.2, 0.25) is 0 Å². The molecule has 12 nitrogen and oxygen atoms in total. The summed E-state index contributed by atoms with van der Waals surface area (Å²) in [4.78, 5) is 37.5. The van der Waals surface area contributed by atoms with Gasteiger partial charge in [-0.25, -0.2) is 18.1 Å². The summed E-state index contributed by atoms with van der Waals surface area (Å²) in [6.07, 6.45) is -8.07. The normalized spacial score (nSPS) is 26.1. The van der Waals surface area contributed by atoms with E-state index < -0.39 is 79.8 Å². The molecule has 39 heavy (non-hydrogen) atoms. The monoisotopic (exact) mass is 579 g/mol. The van der Waals surface area contributed by atoms with Crippen LogP contribution in [0.1, 0.15) is 33.9 Å². The highest BCUT2D eigenvalue weighted by Crippen LogP contribution is 2.49. The van der Waals surface area contributed by atoms with Crippen LogP contribution in [0.25, 0.3) is 0 Å². The van der Waals surface area contributed by atoms with Gasteiger partial charge >= 0.3 is 19.4 Å². The third-order valence-electron chi connectivity index (χ3n) is 5.67. The fourth-order valence-corrected chi connectivity index (χ4v) is 5.49. The summed E-state index contributed by atoms with van der Waals surface area (Å²) < 4.78 is 79.0. The van der Waals surface area contributed by atoms with E-state index in [1.165, 1.54) is 26.0 Å². The number of carbonyl (C=O) groups is 1. The summed E-state index contributed by atoms with van der Waals surface area (Å²) in [5.41, 5.74) is -6.04. The van der Waals surface area contributed by atoms with Crippen molar-refractivity contribution >= 4 is 13.7 Å². The first kappa shape index (κ1) is 30.6. The Hall–Kier alpha value is -2.97. The number of alkyl halides is 2. The largest absolute Gasteiger partial charge is 0.462 e. The molecule has 16 heteroatoms. The Bertz CT molecular complexity index is 1330. The van der Waals surface area contributed by atoms with Crippen molar-refractivity contribution in [3.05, 3.63) is 63.2 Å². The summed E-state index contributed by atoms with van der Waals surface area (Å²) in [7, 11) is -4.53. The summed E-state index contributed by atoms with van der Waals surface area (Å²) >= 11 is 0. The molecule has 1 aromatic heterocycles. The van der Waals surface area contributed by atoms with Crippen LogP contribution in [0, 0.1) is 5.82 Å². The highest BCUT2D eigenvalue weighted by atomic mass is 31.2. The molecule has 3 rings (SSSR count). The molecule has 3 N–H and O–H groups in total. The number of ether oxygens (including phenoxy) is 2. The summed E-state index contributed by atoms with van der Waals surface area (Å²) in [5, 5.41) is 13.1. The van der Waals surface area contributed by atoms with Gasteiger partial charge in [0.1, 0.15) is 30.7 Å². The van der Waals surface area contributed by atoms with Gasteiger partial charge in [-0.05, 0) is 39.8 Å². The molecule has 0 spiro atoms. The zero-order valence-corrected chi connectivity index (χ0v) is 22.3. The standard InChI is InChI=1S/C23H29F3N3O9P/c1-12(2)35-20(32)13(3)28-39(34,38-15-8-6-5-7-9-15)37-14(4)17-18(30)23(26,11-24)21(36-17)29-10-16(25)19(31)27-22(29)33/h5-10,12-14,17-18,21,30H,11H2,1-4H3,(H,28,34)(H,27,31,33)/t13-,14-,17+,18?,21+,23+,39?/m0/s1. The van der Waals surface area contributed by atoms with E-state index in [1.807, 2.05) is 0 Å². The number of rotatable bonds is 11. The van der Waals surface area contributed by atoms with Crippen molar-refractivity contribution < 1.29 is 46.2 Å². The number of nitrogens with one attached hydrogen (secondary N) is 2. The van der Waals surface area contributed by atoms with Gasteiger partial charge in [-0.15, -0.1) is 0 Å². The minimum absolute atomic E-state index is 0.0505. The Morgan fingerprint density at radius 2 is 1.90 bits per heavy atom. The molecular weight excluding hydrogens is 550 g/mol. The molecule has 0 amide bonds. The van der Waals surface area contributed by atoms with E-state index in [0.717, 1.165) is 0 Å². The lowest BCUT2D eigenvalue weighted by Gasteiger charge is -2.29. The van der Waals surface area contributed by atoms with E-state index in [9.17, 15) is 32.8 Å². The maximum atomic E-state index is 15.7. The molecule has 1 saturated heterocycles. The number of halogens is 3. The number of benzene rings is 1. The number of para-hydroxylation sites is 1. The number of aromatic amines is 1. The number of H-pyrrole nitrogens is 1. The quantitative estimate of drug-likeness (QED) is 0.266. The van der Waals surface area contributed by atoms with Crippen LogP contribution in [0.5, 0.6) is 5.75 Å². The number of esters is 1. The van der Waals surface area contributed by atoms with Gasteiger partial charge in [0.15, 0.2) is 6.23 Å². The minimum atomic E-state index is -4.53. The second-order valence-corrected chi connectivity index (χ2v) is 10.8. The van der Waals surface area contributed by atoms with Crippen LogP contribution in [-0.4, -0.2) is 63.4 Å². The number of aromatic nitrogens is 2. The maximum Gasteiger partial charge on any atom is 0.459 e. The molecule has 216 valence electrons. The fourth-order valence-electron chi connectivity index (χ4n) is 3.80. The van der Waals surface area contributed by atoms with Gasteiger partial charge < -0.3 is 19.1 Å². The van der Waals surface area contributed by atoms with Gasteiger partial charge in [0, 0.05) is 0 Å². The van der Waals surface area contributed by atoms with Crippen LogP contribution in [0.4, 0.5) is 13.2 Å². The molecule has 2 unspecified atom stereocenters. The van der Waals surface area contributed by atoms with Gasteiger partial charge in [-0.1, -0.05) is 18.2 Å². The van der Waals surface area contributed by atoms with Crippen molar-refractivity contribution in [1.29, 1.82) is 0 Å². The average molecular weight is 579 g/mol. The van der Waals surface area contributed by atoms with Crippen LogP contribution < -0.4 is 20.9 Å². The van der Waals surface area contributed by atoms with Crippen LogP contribution in [0.3, 0.4) is 0 Å². The van der Waals surface area contributed by atoms with Gasteiger partial charge in [0.25, 0.3) is 5.56 Å². The molecule has 0 radical (unpaired) electrons. The van der Waals surface area contributed by atoms with Crippen molar-refractivity contribution in [2.24, 2.45) is 0 Å².